The third-order valence-electron chi connectivity index (χ3n) is 2.71. The molecule has 0 saturated carbocycles. The Morgan fingerprint density at radius 1 is 1.20 bits per heavy atom. The molecule has 0 aliphatic carbocycles. The van der Waals surface area contributed by atoms with E-state index in [1.54, 1.807) is 4.90 Å². The van der Waals surface area contributed by atoms with E-state index >= 15 is 0 Å². The average Bonchev–Trinajstić information content (AvgIpc) is 2.38. The van der Waals surface area contributed by atoms with Crippen LogP contribution in [0, 0.1) is 0 Å². The zero-order valence-corrected chi connectivity index (χ0v) is 11.9. The van der Waals surface area contributed by atoms with E-state index in [9.17, 15) is 18.0 Å². The van der Waals surface area contributed by atoms with Crippen molar-refractivity contribution in [3.63, 3.8) is 0 Å². The normalized spacial score (nSPS) is 15.1. The Morgan fingerprint density at radius 2 is 1.80 bits per heavy atom. The van der Waals surface area contributed by atoms with Crippen molar-refractivity contribution in [2.45, 2.75) is 6.18 Å². The number of amides is 1. The highest BCUT2D eigenvalue weighted by molar-refractivity contribution is 5.92. The molecule has 1 aliphatic heterocycles. The van der Waals surface area contributed by atoms with E-state index in [1.807, 2.05) is 0 Å². The molecule has 0 bridgehead atoms. The van der Waals surface area contributed by atoms with Crippen molar-refractivity contribution in [2.24, 2.45) is 0 Å². The Morgan fingerprint density at radius 3 is 2.25 bits per heavy atom. The molecule has 0 unspecified atom stereocenters. The lowest BCUT2D eigenvalue weighted by Gasteiger charge is -2.27. The number of carbonyl (C=O) groups excluding carboxylic acids is 1. The van der Waals surface area contributed by atoms with Crippen molar-refractivity contribution in [1.29, 1.82) is 0 Å². The van der Waals surface area contributed by atoms with Crippen molar-refractivity contribution in [3.8, 4) is 0 Å². The monoisotopic (exact) mass is 331 g/mol. The van der Waals surface area contributed by atoms with E-state index in [1.165, 1.54) is 0 Å². The summed E-state index contributed by atoms with van der Waals surface area (Å²) in [7, 11) is 0. The molecule has 20 heavy (non-hydrogen) atoms. The van der Waals surface area contributed by atoms with E-state index in [0.29, 0.717) is 32.4 Å². The van der Waals surface area contributed by atoms with Gasteiger partial charge in [-0.25, -0.2) is 0 Å². The van der Waals surface area contributed by atoms with Crippen molar-refractivity contribution in [1.82, 2.24) is 15.2 Å². The zero-order valence-electron chi connectivity index (χ0n) is 10.3. The molecule has 114 valence electrons. The predicted molar refractivity (Wildman–Crippen MR) is 72.5 cm³/mol. The topological polar surface area (TPSA) is 45.2 Å². The summed E-state index contributed by atoms with van der Waals surface area (Å²) in [4.78, 5) is 17.1. The van der Waals surface area contributed by atoms with Crippen molar-refractivity contribution < 1.29 is 18.0 Å². The van der Waals surface area contributed by atoms with Gasteiger partial charge in [0.25, 0.3) is 5.91 Å². The number of pyridine rings is 1. The van der Waals surface area contributed by atoms with Gasteiger partial charge in [0.05, 0.1) is 5.56 Å². The molecule has 1 fully saturated rings. The number of carbonyl (C=O) groups is 1. The first-order valence-corrected chi connectivity index (χ1v) is 5.52. The maximum Gasteiger partial charge on any atom is 0.417 e. The van der Waals surface area contributed by atoms with E-state index < -0.39 is 11.7 Å². The van der Waals surface area contributed by atoms with Gasteiger partial charge in [-0.1, -0.05) is 0 Å². The summed E-state index contributed by atoms with van der Waals surface area (Å²) in [5, 5.41) is 3.09. The quantitative estimate of drug-likeness (QED) is 0.856. The van der Waals surface area contributed by atoms with Crippen LogP contribution >= 0.6 is 24.8 Å². The largest absolute Gasteiger partial charge is 0.417 e. The second kappa shape index (κ2) is 7.66. The van der Waals surface area contributed by atoms with E-state index in [-0.39, 0.29) is 36.4 Å². The van der Waals surface area contributed by atoms with Crippen LogP contribution in [0.15, 0.2) is 18.3 Å². The van der Waals surface area contributed by atoms with Gasteiger partial charge < -0.3 is 10.2 Å². The first kappa shape index (κ1) is 18.9. The molecule has 4 nitrogen and oxygen atoms in total. The fourth-order valence-electron chi connectivity index (χ4n) is 1.72. The summed E-state index contributed by atoms with van der Waals surface area (Å²) < 4.78 is 37.0. The van der Waals surface area contributed by atoms with Gasteiger partial charge in [0, 0.05) is 32.4 Å². The molecule has 1 saturated heterocycles. The number of halogens is 5. The highest BCUT2D eigenvalue weighted by Crippen LogP contribution is 2.28. The number of aromatic nitrogens is 1. The molecule has 1 N–H and O–H groups in total. The van der Waals surface area contributed by atoms with Crippen LogP contribution in [-0.2, 0) is 6.18 Å². The second-order valence-corrected chi connectivity index (χ2v) is 3.97. The van der Waals surface area contributed by atoms with Gasteiger partial charge in [-0.05, 0) is 12.1 Å². The number of rotatable bonds is 1. The van der Waals surface area contributed by atoms with Crippen LogP contribution in [0.5, 0.6) is 0 Å². The molecule has 1 aliphatic rings. The van der Waals surface area contributed by atoms with Crippen LogP contribution in [0.4, 0.5) is 13.2 Å². The van der Waals surface area contributed by atoms with Crippen LogP contribution < -0.4 is 5.32 Å². The lowest BCUT2D eigenvalue weighted by atomic mass is 10.2. The minimum atomic E-state index is -4.43. The first-order chi connectivity index (χ1) is 8.48. The van der Waals surface area contributed by atoms with Crippen LogP contribution in [0.1, 0.15) is 16.1 Å². The number of piperazine rings is 1. The summed E-state index contributed by atoms with van der Waals surface area (Å²) in [6, 6.07) is 2.00. The number of hydrogen-bond acceptors (Lipinski definition) is 3. The summed E-state index contributed by atoms with van der Waals surface area (Å²) in [5.41, 5.74) is -0.802. The van der Waals surface area contributed by atoms with Gasteiger partial charge >= 0.3 is 6.18 Å². The summed E-state index contributed by atoms with van der Waals surface area (Å²) in [6.07, 6.45) is -3.74. The fourth-order valence-corrected chi connectivity index (χ4v) is 1.72. The molecule has 2 heterocycles. The van der Waals surface area contributed by atoms with Gasteiger partial charge in [0.1, 0.15) is 5.69 Å². The highest BCUT2D eigenvalue weighted by atomic mass is 35.5. The third-order valence-corrected chi connectivity index (χ3v) is 2.71. The highest BCUT2D eigenvalue weighted by Gasteiger charge is 2.31. The number of alkyl halides is 3. The minimum absolute atomic E-state index is 0. The standard InChI is InChI=1S/C11H12F3N3O.2ClH/c12-11(13,14)8-1-2-9(16-7-8)10(18)17-5-3-15-4-6-17;;/h1-2,7,15H,3-6H2;2*1H. The SMILES string of the molecule is Cl.Cl.O=C(c1ccc(C(F)(F)F)cn1)N1CCNCC1. The van der Waals surface area contributed by atoms with Crippen LogP contribution in [0.25, 0.3) is 0 Å². The van der Waals surface area contributed by atoms with Gasteiger partial charge in [0.15, 0.2) is 0 Å². The Kier molecular flexibility index (Phi) is 7.26. The summed E-state index contributed by atoms with van der Waals surface area (Å²) in [5.74, 6) is -0.328. The average molecular weight is 332 g/mol. The lowest BCUT2D eigenvalue weighted by Crippen LogP contribution is -2.46. The van der Waals surface area contributed by atoms with E-state index in [4.69, 9.17) is 0 Å². The molecule has 1 aromatic heterocycles. The van der Waals surface area contributed by atoms with Gasteiger partial charge in [-0.15, -0.1) is 24.8 Å². The lowest BCUT2D eigenvalue weighted by molar-refractivity contribution is -0.137. The second-order valence-electron chi connectivity index (χ2n) is 3.97. The third kappa shape index (κ3) is 4.50. The molecule has 0 spiro atoms. The Balaban J connectivity index is 0.00000180. The summed E-state index contributed by atoms with van der Waals surface area (Å²) in [6.45, 7) is 2.46. The molecular weight excluding hydrogens is 318 g/mol. The molecule has 1 aromatic rings. The van der Waals surface area contributed by atoms with Crippen LogP contribution in [0.2, 0.25) is 0 Å². The first-order valence-electron chi connectivity index (χ1n) is 5.52. The number of nitrogens with one attached hydrogen (secondary N) is 1. The Bertz CT molecular complexity index is 434. The van der Waals surface area contributed by atoms with Crippen molar-refractivity contribution in [3.05, 3.63) is 29.6 Å². The fraction of sp³-hybridized carbons (Fsp3) is 0.455. The molecule has 0 atom stereocenters. The molecular formula is C11H14Cl2F3N3O. The predicted octanol–water partition coefficient (Wildman–Crippen LogP) is 1.99. The number of nitrogens with zero attached hydrogens (tertiary/aromatic N) is 2. The maximum absolute atomic E-state index is 12.3. The van der Waals surface area contributed by atoms with Gasteiger partial charge in [-0.2, -0.15) is 13.2 Å². The Labute approximate surface area is 126 Å². The number of hydrogen-bond donors (Lipinski definition) is 1. The minimum Gasteiger partial charge on any atom is -0.335 e. The summed E-state index contributed by atoms with van der Waals surface area (Å²) >= 11 is 0. The zero-order chi connectivity index (χ0) is 13.2. The van der Waals surface area contributed by atoms with E-state index in [0.717, 1.165) is 12.1 Å². The molecule has 9 heteroatoms. The van der Waals surface area contributed by atoms with Crippen LogP contribution in [0.3, 0.4) is 0 Å². The molecule has 0 radical (unpaired) electrons. The molecule has 0 aromatic carbocycles. The Hall–Kier alpha value is -1.05. The molecule has 1 amide bonds. The maximum atomic E-state index is 12.3. The molecule has 2 rings (SSSR count). The van der Waals surface area contributed by atoms with Gasteiger partial charge in [0.2, 0.25) is 0 Å². The smallest absolute Gasteiger partial charge is 0.335 e. The van der Waals surface area contributed by atoms with Gasteiger partial charge in [-0.3, -0.25) is 9.78 Å². The van der Waals surface area contributed by atoms with Crippen molar-refractivity contribution >= 4 is 30.7 Å². The van der Waals surface area contributed by atoms with Crippen molar-refractivity contribution in [2.75, 3.05) is 26.2 Å². The van der Waals surface area contributed by atoms with Crippen LogP contribution in [-0.4, -0.2) is 42.0 Å². The van der Waals surface area contributed by atoms with E-state index in [2.05, 4.69) is 10.3 Å².